The highest BCUT2D eigenvalue weighted by Crippen LogP contribution is 2.30. The quantitative estimate of drug-likeness (QED) is 0.884. The molecule has 0 aliphatic carbocycles. The molecule has 4 atom stereocenters. The molecule has 0 aromatic heterocycles. The number of ether oxygens (including phenoxy) is 1. The van der Waals surface area contributed by atoms with Crippen molar-refractivity contribution in [1.29, 1.82) is 0 Å². The molecule has 1 aromatic rings. The van der Waals surface area contributed by atoms with Gasteiger partial charge in [0.15, 0.2) is 0 Å². The molecule has 1 N–H and O–H groups in total. The molecule has 5 nitrogen and oxygen atoms in total. The van der Waals surface area contributed by atoms with Crippen LogP contribution in [0.4, 0.5) is 0 Å². The van der Waals surface area contributed by atoms with E-state index in [4.69, 9.17) is 4.74 Å². The second-order valence-electron chi connectivity index (χ2n) is 8.83. The Morgan fingerprint density at radius 3 is 2.30 bits per heavy atom. The summed E-state index contributed by atoms with van der Waals surface area (Å²) in [5.41, 5.74) is 2.06. The van der Waals surface area contributed by atoms with Gasteiger partial charge in [-0.3, -0.25) is 9.69 Å². The molecule has 1 amide bonds. The summed E-state index contributed by atoms with van der Waals surface area (Å²) in [6, 6.07) is 9.78. The van der Waals surface area contributed by atoms with Crippen LogP contribution in [0.3, 0.4) is 0 Å². The molecule has 3 aliphatic heterocycles. The fourth-order valence-corrected chi connectivity index (χ4v) is 5.14. The Balaban J connectivity index is 1.36. The van der Waals surface area contributed by atoms with E-state index in [0.29, 0.717) is 18.1 Å². The van der Waals surface area contributed by atoms with Crippen LogP contribution in [-0.4, -0.2) is 66.2 Å². The minimum Gasteiger partial charge on any atom is -0.373 e. The van der Waals surface area contributed by atoms with Gasteiger partial charge in [0.1, 0.15) is 0 Å². The zero-order valence-electron chi connectivity index (χ0n) is 16.9. The smallest absolute Gasteiger partial charge is 0.253 e. The van der Waals surface area contributed by atoms with E-state index < -0.39 is 0 Å². The second kappa shape index (κ2) is 7.90. The van der Waals surface area contributed by atoms with Gasteiger partial charge in [-0.2, -0.15) is 0 Å². The van der Waals surface area contributed by atoms with Gasteiger partial charge in [-0.15, -0.1) is 0 Å². The lowest BCUT2D eigenvalue weighted by molar-refractivity contribution is -0.0704. The van der Waals surface area contributed by atoms with Crippen molar-refractivity contribution in [3.05, 3.63) is 35.4 Å². The molecular formula is C22H33N3O2. The average Bonchev–Trinajstić information content (AvgIpc) is 2.98. The number of rotatable bonds is 4. The molecule has 3 saturated heterocycles. The van der Waals surface area contributed by atoms with Gasteiger partial charge in [0.25, 0.3) is 5.91 Å². The summed E-state index contributed by atoms with van der Waals surface area (Å²) in [5, 5.41) is 3.65. The maximum absolute atomic E-state index is 12.9. The third-order valence-corrected chi connectivity index (χ3v) is 6.42. The van der Waals surface area contributed by atoms with Crippen molar-refractivity contribution in [2.75, 3.05) is 20.1 Å². The number of morpholine rings is 1. The van der Waals surface area contributed by atoms with E-state index in [1.165, 1.54) is 18.4 Å². The fraction of sp³-hybridized carbons (Fsp3) is 0.682. The molecule has 0 saturated carbocycles. The molecule has 4 rings (SSSR count). The van der Waals surface area contributed by atoms with Gasteiger partial charge in [-0.1, -0.05) is 12.1 Å². The summed E-state index contributed by atoms with van der Waals surface area (Å²) in [5.74, 6) is 0.154. The number of amides is 1. The van der Waals surface area contributed by atoms with E-state index in [0.717, 1.165) is 38.0 Å². The Bertz CT molecular complexity index is 640. The van der Waals surface area contributed by atoms with Crippen LogP contribution in [0.25, 0.3) is 0 Å². The van der Waals surface area contributed by atoms with Gasteiger partial charge in [0, 0.05) is 50.4 Å². The topological polar surface area (TPSA) is 44.8 Å². The van der Waals surface area contributed by atoms with Crippen LogP contribution in [0.15, 0.2) is 24.3 Å². The number of piperidine rings is 1. The van der Waals surface area contributed by atoms with Crippen LogP contribution in [0.2, 0.25) is 0 Å². The van der Waals surface area contributed by atoms with Crippen molar-refractivity contribution < 1.29 is 9.53 Å². The summed E-state index contributed by atoms with van der Waals surface area (Å²) in [4.78, 5) is 17.4. The highest BCUT2D eigenvalue weighted by Gasteiger charge is 2.36. The average molecular weight is 372 g/mol. The Labute approximate surface area is 163 Å². The first-order chi connectivity index (χ1) is 13.0. The standard InChI is InChI=1S/C22H33N3O2/c1-15-12-25(13-16(2)27-15)14-17-4-6-18(7-5-17)22(26)24(3)21-10-19-8-9-20(11-21)23-19/h4-7,15-16,19-21,23H,8-14H2,1-3H3. The zero-order valence-corrected chi connectivity index (χ0v) is 16.9. The Hall–Kier alpha value is -1.43. The molecule has 27 heavy (non-hydrogen) atoms. The van der Waals surface area contributed by atoms with Crippen LogP contribution < -0.4 is 5.32 Å². The molecule has 2 bridgehead atoms. The Morgan fingerprint density at radius 2 is 1.70 bits per heavy atom. The summed E-state index contributed by atoms with van der Waals surface area (Å²) in [6.45, 7) is 7.11. The highest BCUT2D eigenvalue weighted by molar-refractivity contribution is 5.94. The Morgan fingerprint density at radius 1 is 1.11 bits per heavy atom. The lowest BCUT2D eigenvalue weighted by atomic mass is 9.98. The van der Waals surface area contributed by atoms with Crippen molar-refractivity contribution in [3.63, 3.8) is 0 Å². The van der Waals surface area contributed by atoms with Crippen molar-refractivity contribution in [2.45, 2.75) is 76.4 Å². The van der Waals surface area contributed by atoms with Crippen molar-refractivity contribution in [2.24, 2.45) is 0 Å². The SMILES string of the molecule is CC1CN(Cc2ccc(C(=O)N(C)C3CC4CCC(C3)N4)cc2)CC(C)O1. The minimum absolute atomic E-state index is 0.154. The molecule has 0 radical (unpaired) electrons. The molecule has 0 spiro atoms. The maximum atomic E-state index is 12.9. The lowest BCUT2D eigenvalue weighted by Gasteiger charge is -2.36. The predicted octanol–water partition coefficient (Wildman–Crippen LogP) is 2.65. The molecular weight excluding hydrogens is 338 g/mol. The normalized spacial score (nSPS) is 33.8. The van der Waals surface area contributed by atoms with E-state index >= 15 is 0 Å². The van der Waals surface area contributed by atoms with Gasteiger partial charge in [0.2, 0.25) is 0 Å². The van der Waals surface area contributed by atoms with E-state index in [-0.39, 0.29) is 18.1 Å². The third kappa shape index (κ3) is 4.36. The first-order valence-electron chi connectivity index (χ1n) is 10.5. The molecule has 3 heterocycles. The third-order valence-electron chi connectivity index (χ3n) is 6.42. The number of carbonyl (C=O) groups excluding carboxylic acids is 1. The van der Waals surface area contributed by atoms with Crippen LogP contribution in [0.1, 0.15) is 55.5 Å². The summed E-state index contributed by atoms with van der Waals surface area (Å²) in [7, 11) is 1.97. The molecule has 5 heteroatoms. The zero-order chi connectivity index (χ0) is 19.0. The van der Waals surface area contributed by atoms with Crippen molar-refractivity contribution in [1.82, 2.24) is 15.1 Å². The Kier molecular flexibility index (Phi) is 5.53. The summed E-state index contributed by atoms with van der Waals surface area (Å²) in [6.07, 6.45) is 5.26. The van der Waals surface area contributed by atoms with Crippen molar-refractivity contribution >= 4 is 5.91 Å². The largest absolute Gasteiger partial charge is 0.373 e. The van der Waals surface area contributed by atoms with E-state index in [1.807, 2.05) is 24.1 Å². The molecule has 4 unspecified atom stereocenters. The number of hydrogen-bond donors (Lipinski definition) is 1. The molecule has 148 valence electrons. The molecule has 1 aromatic carbocycles. The van der Waals surface area contributed by atoms with Gasteiger partial charge < -0.3 is 15.0 Å². The number of nitrogens with one attached hydrogen (secondary N) is 1. The van der Waals surface area contributed by atoms with Crippen LogP contribution in [0.5, 0.6) is 0 Å². The summed E-state index contributed by atoms with van der Waals surface area (Å²) < 4.78 is 5.81. The minimum atomic E-state index is 0.154. The second-order valence-corrected chi connectivity index (χ2v) is 8.83. The number of carbonyl (C=O) groups is 1. The summed E-state index contributed by atoms with van der Waals surface area (Å²) >= 11 is 0. The van der Waals surface area contributed by atoms with Gasteiger partial charge in [-0.25, -0.2) is 0 Å². The highest BCUT2D eigenvalue weighted by atomic mass is 16.5. The number of benzene rings is 1. The predicted molar refractivity (Wildman–Crippen MR) is 107 cm³/mol. The lowest BCUT2D eigenvalue weighted by Crippen LogP contribution is -2.48. The van der Waals surface area contributed by atoms with E-state index in [1.54, 1.807) is 0 Å². The van der Waals surface area contributed by atoms with Gasteiger partial charge in [-0.05, 0) is 57.2 Å². The van der Waals surface area contributed by atoms with E-state index in [2.05, 4.69) is 36.2 Å². The van der Waals surface area contributed by atoms with Crippen LogP contribution in [-0.2, 0) is 11.3 Å². The number of fused-ring (bicyclic) bond motifs is 2. The number of hydrogen-bond acceptors (Lipinski definition) is 4. The first kappa shape index (κ1) is 18.9. The maximum Gasteiger partial charge on any atom is 0.253 e. The fourth-order valence-electron chi connectivity index (χ4n) is 5.14. The van der Waals surface area contributed by atoms with Gasteiger partial charge in [0.05, 0.1) is 12.2 Å². The van der Waals surface area contributed by atoms with Crippen LogP contribution in [0, 0.1) is 0 Å². The van der Waals surface area contributed by atoms with E-state index in [9.17, 15) is 4.79 Å². The van der Waals surface area contributed by atoms with Gasteiger partial charge >= 0.3 is 0 Å². The number of nitrogens with zero attached hydrogens (tertiary/aromatic N) is 2. The van der Waals surface area contributed by atoms with Crippen molar-refractivity contribution in [3.8, 4) is 0 Å². The molecule has 3 aliphatic rings. The first-order valence-corrected chi connectivity index (χ1v) is 10.5. The molecule has 3 fully saturated rings. The van der Waals surface area contributed by atoms with Crippen LogP contribution >= 0.6 is 0 Å². The monoisotopic (exact) mass is 371 g/mol.